The lowest BCUT2D eigenvalue weighted by Gasteiger charge is -2.08. The van der Waals surface area contributed by atoms with Gasteiger partial charge >= 0.3 is 0 Å². The Morgan fingerprint density at radius 1 is 1.26 bits per heavy atom. The molecule has 144 valence electrons. The van der Waals surface area contributed by atoms with Crippen molar-refractivity contribution in [2.75, 3.05) is 12.3 Å². The zero-order valence-electron chi connectivity index (χ0n) is 15.6. The molecule has 3 aromatic rings. The van der Waals surface area contributed by atoms with Gasteiger partial charge in [0, 0.05) is 13.1 Å². The summed E-state index contributed by atoms with van der Waals surface area (Å²) in [6, 6.07) is 8.16. The van der Waals surface area contributed by atoms with Gasteiger partial charge in [0.15, 0.2) is 9.50 Å². The molecule has 0 saturated carbocycles. The summed E-state index contributed by atoms with van der Waals surface area (Å²) >= 11 is 4.80. The molecule has 1 amide bonds. The lowest BCUT2D eigenvalue weighted by Crippen LogP contribution is -2.28. The Kier molecular flexibility index (Phi) is 7.14. The van der Waals surface area contributed by atoms with Gasteiger partial charge in [0.2, 0.25) is 5.91 Å². The van der Waals surface area contributed by atoms with E-state index in [1.807, 2.05) is 18.2 Å². The van der Waals surface area contributed by atoms with Gasteiger partial charge in [-0.25, -0.2) is 4.98 Å². The van der Waals surface area contributed by atoms with Gasteiger partial charge in [0.05, 0.1) is 21.7 Å². The maximum Gasteiger partial charge on any atom is 0.230 e. The molecule has 9 heteroatoms. The van der Waals surface area contributed by atoms with Crippen molar-refractivity contribution in [3.05, 3.63) is 30.1 Å². The number of fused-ring (bicyclic) bond motifs is 1. The number of carbonyl (C=O) groups excluding carboxylic acids is 1. The van der Waals surface area contributed by atoms with Crippen molar-refractivity contribution in [1.29, 1.82) is 0 Å². The fraction of sp³-hybridized carbons (Fsp3) is 0.444. The fourth-order valence-corrected chi connectivity index (χ4v) is 5.25. The van der Waals surface area contributed by atoms with Crippen molar-refractivity contribution in [3.63, 3.8) is 0 Å². The summed E-state index contributed by atoms with van der Waals surface area (Å²) in [7, 11) is 0. The highest BCUT2D eigenvalue weighted by atomic mass is 32.2. The van der Waals surface area contributed by atoms with E-state index in [1.54, 1.807) is 23.1 Å². The molecular formula is C18H23N5OS3. The predicted molar refractivity (Wildman–Crippen MR) is 113 cm³/mol. The van der Waals surface area contributed by atoms with Crippen LogP contribution in [0.15, 0.2) is 33.8 Å². The predicted octanol–water partition coefficient (Wildman–Crippen LogP) is 4.06. The summed E-state index contributed by atoms with van der Waals surface area (Å²) < 4.78 is 4.30. The summed E-state index contributed by atoms with van der Waals surface area (Å²) in [6.07, 6.45) is 0. The number of carbonyl (C=O) groups is 1. The minimum absolute atomic E-state index is 0.0322. The van der Waals surface area contributed by atoms with Crippen LogP contribution in [-0.2, 0) is 17.1 Å². The minimum Gasteiger partial charge on any atom is -0.355 e. The van der Waals surface area contributed by atoms with E-state index >= 15 is 0 Å². The van der Waals surface area contributed by atoms with Crippen molar-refractivity contribution in [3.8, 4) is 0 Å². The Labute approximate surface area is 171 Å². The molecule has 0 bridgehead atoms. The molecule has 6 nitrogen and oxygen atoms in total. The van der Waals surface area contributed by atoms with E-state index in [0.717, 1.165) is 27.4 Å². The second kappa shape index (κ2) is 9.57. The van der Waals surface area contributed by atoms with Gasteiger partial charge in [-0.2, -0.15) is 0 Å². The van der Waals surface area contributed by atoms with Crippen LogP contribution in [-0.4, -0.2) is 38.0 Å². The number of hydrogen-bond donors (Lipinski definition) is 1. The number of para-hydroxylation sites is 1. The van der Waals surface area contributed by atoms with Crippen LogP contribution in [0.5, 0.6) is 0 Å². The van der Waals surface area contributed by atoms with Gasteiger partial charge in [0.1, 0.15) is 5.82 Å². The molecule has 27 heavy (non-hydrogen) atoms. The van der Waals surface area contributed by atoms with E-state index in [2.05, 4.69) is 51.9 Å². The van der Waals surface area contributed by atoms with Crippen LogP contribution in [0.2, 0.25) is 0 Å². The highest BCUT2D eigenvalue weighted by Gasteiger charge is 2.14. The first-order chi connectivity index (χ1) is 13.1. The van der Waals surface area contributed by atoms with Crippen LogP contribution in [0.4, 0.5) is 0 Å². The molecule has 0 aliphatic carbocycles. The average molecular weight is 422 g/mol. The van der Waals surface area contributed by atoms with Crippen molar-refractivity contribution in [2.24, 2.45) is 5.92 Å². The summed E-state index contributed by atoms with van der Waals surface area (Å²) in [5.74, 6) is 2.46. The number of hydrogen-bond acceptors (Lipinski definition) is 7. The van der Waals surface area contributed by atoms with Crippen LogP contribution in [0.1, 0.15) is 26.6 Å². The monoisotopic (exact) mass is 421 g/mol. The Bertz CT molecular complexity index is 872. The van der Waals surface area contributed by atoms with Gasteiger partial charge in [-0.1, -0.05) is 49.5 Å². The molecule has 2 aromatic heterocycles. The molecule has 0 spiro atoms. The number of nitrogens with zero attached hydrogens (tertiary/aromatic N) is 4. The zero-order chi connectivity index (χ0) is 19.2. The van der Waals surface area contributed by atoms with Gasteiger partial charge in [-0.05, 0) is 25.0 Å². The molecule has 0 saturated heterocycles. The number of thiazole rings is 1. The first-order valence-electron chi connectivity index (χ1n) is 8.86. The van der Waals surface area contributed by atoms with Gasteiger partial charge in [-0.15, -0.1) is 21.5 Å². The molecule has 2 heterocycles. The Hall–Kier alpha value is -1.58. The third kappa shape index (κ3) is 5.46. The van der Waals surface area contributed by atoms with Crippen LogP contribution >= 0.6 is 34.9 Å². The molecule has 0 radical (unpaired) electrons. The first kappa shape index (κ1) is 20.2. The number of benzene rings is 1. The maximum atomic E-state index is 11.9. The molecular weight excluding hydrogens is 398 g/mol. The van der Waals surface area contributed by atoms with Crippen molar-refractivity contribution >= 4 is 51.0 Å². The van der Waals surface area contributed by atoms with Crippen molar-refractivity contribution in [2.45, 2.75) is 42.6 Å². The highest BCUT2D eigenvalue weighted by molar-refractivity contribution is 8.00. The quantitative estimate of drug-likeness (QED) is 0.525. The van der Waals surface area contributed by atoms with Crippen LogP contribution < -0.4 is 5.32 Å². The van der Waals surface area contributed by atoms with E-state index < -0.39 is 0 Å². The highest BCUT2D eigenvalue weighted by Crippen LogP contribution is 2.31. The van der Waals surface area contributed by atoms with E-state index in [0.29, 0.717) is 24.0 Å². The lowest BCUT2D eigenvalue weighted by molar-refractivity contribution is -0.118. The average Bonchev–Trinajstić information content (AvgIpc) is 3.25. The summed E-state index contributed by atoms with van der Waals surface area (Å²) in [6.45, 7) is 7.70. The van der Waals surface area contributed by atoms with Gasteiger partial charge < -0.3 is 9.88 Å². The largest absolute Gasteiger partial charge is 0.355 e. The van der Waals surface area contributed by atoms with Crippen molar-refractivity contribution in [1.82, 2.24) is 25.1 Å². The summed E-state index contributed by atoms with van der Waals surface area (Å²) in [5, 5.41) is 12.3. The number of rotatable bonds is 9. The maximum absolute atomic E-state index is 11.9. The number of thioether (sulfide) groups is 2. The SMILES string of the molecule is CCn1c(CSc2nc3ccccc3s2)nnc1SCC(=O)NCC(C)C. The zero-order valence-corrected chi connectivity index (χ0v) is 18.1. The molecule has 1 N–H and O–H groups in total. The molecule has 0 fully saturated rings. The molecule has 0 atom stereocenters. The number of amides is 1. The van der Waals surface area contributed by atoms with Crippen LogP contribution in [0.3, 0.4) is 0 Å². The van der Waals surface area contributed by atoms with Gasteiger partial charge in [-0.3, -0.25) is 4.79 Å². The topological polar surface area (TPSA) is 72.7 Å². The molecule has 0 aliphatic heterocycles. The van der Waals surface area contributed by atoms with Gasteiger partial charge in [0.25, 0.3) is 0 Å². The van der Waals surface area contributed by atoms with E-state index in [4.69, 9.17) is 0 Å². The minimum atomic E-state index is 0.0322. The standard InChI is InChI=1S/C18H23N5OS3/c1-4-23-15(10-26-18-20-13-7-5-6-8-14(13)27-18)21-22-17(23)25-11-16(24)19-9-12(2)3/h5-8,12H,4,9-11H2,1-3H3,(H,19,24). The van der Waals surface area contributed by atoms with E-state index in [1.165, 1.54) is 16.5 Å². The van der Waals surface area contributed by atoms with Crippen LogP contribution in [0, 0.1) is 5.92 Å². The second-order valence-electron chi connectivity index (χ2n) is 6.37. The van der Waals surface area contributed by atoms with Crippen LogP contribution in [0.25, 0.3) is 10.2 Å². The summed E-state index contributed by atoms with van der Waals surface area (Å²) in [4.78, 5) is 16.6. The smallest absolute Gasteiger partial charge is 0.230 e. The number of nitrogens with one attached hydrogen (secondary N) is 1. The Morgan fingerprint density at radius 2 is 2.07 bits per heavy atom. The first-order valence-corrected chi connectivity index (χ1v) is 11.7. The third-order valence-corrected chi connectivity index (χ3v) is 6.89. The summed E-state index contributed by atoms with van der Waals surface area (Å²) in [5.41, 5.74) is 1.03. The second-order valence-corrected chi connectivity index (χ2v) is 9.56. The van der Waals surface area contributed by atoms with E-state index in [9.17, 15) is 4.79 Å². The third-order valence-electron chi connectivity index (χ3n) is 3.75. The Balaban J connectivity index is 1.59. The lowest BCUT2D eigenvalue weighted by atomic mass is 10.2. The van der Waals surface area contributed by atoms with E-state index in [-0.39, 0.29) is 5.91 Å². The molecule has 1 aromatic carbocycles. The molecule has 3 rings (SSSR count). The fourth-order valence-electron chi connectivity index (χ4n) is 2.39. The molecule has 0 aliphatic rings. The number of aromatic nitrogens is 4. The molecule has 0 unspecified atom stereocenters. The Morgan fingerprint density at radius 3 is 2.81 bits per heavy atom. The normalized spacial score (nSPS) is 11.4. The van der Waals surface area contributed by atoms with Crippen molar-refractivity contribution < 1.29 is 4.79 Å².